The molecule has 144 valence electrons. The second-order valence-electron chi connectivity index (χ2n) is 6.67. The van der Waals surface area contributed by atoms with Crippen LogP contribution in [-0.4, -0.2) is 32.8 Å². The maximum Gasteiger partial charge on any atom is 0.243 e. The molecule has 0 aromatic heterocycles. The lowest BCUT2D eigenvalue weighted by atomic mass is 9.88. The number of amides is 1. The highest BCUT2D eigenvalue weighted by Crippen LogP contribution is 2.37. The third-order valence-corrected chi connectivity index (χ3v) is 6.80. The third-order valence-electron chi connectivity index (χ3n) is 4.94. The summed E-state index contributed by atoms with van der Waals surface area (Å²) >= 11 is 0. The van der Waals surface area contributed by atoms with Crippen molar-refractivity contribution in [3.8, 4) is 5.75 Å². The van der Waals surface area contributed by atoms with E-state index in [0.29, 0.717) is 11.4 Å². The molecule has 2 aromatic rings. The van der Waals surface area contributed by atoms with Gasteiger partial charge in [-0.1, -0.05) is 24.3 Å². The molecule has 0 aliphatic heterocycles. The van der Waals surface area contributed by atoms with Crippen LogP contribution in [0.4, 0.5) is 5.69 Å². The molecule has 0 saturated heterocycles. The molecule has 2 aromatic carbocycles. The van der Waals surface area contributed by atoms with Crippen molar-refractivity contribution in [1.82, 2.24) is 4.31 Å². The number of hydrogen-bond donors (Lipinski definition) is 1. The van der Waals surface area contributed by atoms with Gasteiger partial charge < -0.3 is 10.1 Å². The summed E-state index contributed by atoms with van der Waals surface area (Å²) < 4.78 is 33.2. The molecule has 1 amide bonds. The number of benzene rings is 2. The van der Waals surface area contributed by atoms with Crippen LogP contribution >= 0.6 is 0 Å². The molecule has 0 saturated carbocycles. The van der Waals surface area contributed by atoms with E-state index in [1.54, 1.807) is 13.1 Å². The Balaban J connectivity index is 1.96. The molecule has 1 atom stereocenters. The highest BCUT2D eigenvalue weighted by molar-refractivity contribution is 7.89. The second-order valence-corrected chi connectivity index (χ2v) is 8.67. The van der Waals surface area contributed by atoms with E-state index in [0.717, 1.165) is 24.8 Å². The zero-order chi connectivity index (χ0) is 19.6. The Kier molecular flexibility index (Phi) is 5.53. The molecule has 0 spiro atoms. The van der Waals surface area contributed by atoms with Crippen LogP contribution in [0.3, 0.4) is 0 Å². The number of rotatable bonds is 5. The first kappa shape index (κ1) is 19.4. The molecule has 7 heteroatoms. The van der Waals surface area contributed by atoms with Crippen LogP contribution < -0.4 is 10.1 Å². The minimum absolute atomic E-state index is 0.138. The van der Waals surface area contributed by atoms with Crippen LogP contribution in [0.2, 0.25) is 0 Å². The number of aryl methyl sites for hydroxylation is 1. The number of hydrogen-bond acceptors (Lipinski definition) is 4. The Hall–Kier alpha value is -2.38. The number of nitrogens with zero attached hydrogens (tertiary/aromatic N) is 1. The Labute approximate surface area is 160 Å². The molecule has 1 aliphatic rings. The maximum absolute atomic E-state index is 13.2. The molecule has 0 heterocycles. The summed E-state index contributed by atoms with van der Waals surface area (Å²) in [6.45, 7) is 1.39. The van der Waals surface area contributed by atoms with Crippen molar-refractivity contribution in [2.75, 3.05) is 19.5 Å². The summed E-state index contributed by atoms with van der Waals surface area (Å²) in [5.41, 5.74) is 2.71. The topological polar surface area (TPSA) is 75.7 Å². The number of carbonyl (C=O) groups is 1. The van der Waals surface area contributed by atoms with Gasteiger partial charge in [-0.3, -0.25) is 4.79 Å². The number of carbonyl (C=O) groups excluding carboxylic acids is 1. The van der Waals surface area contributed by atoms with Crippen molar-refractivity contribution >= 4 is 21.6 Å². The van der Waals surface area contributed by atoms with Crippen molar-refractivity contribution in [3.63, 3.8) is 0 Å². The fourth-order valence-electron chi connectivity index (χ4n) is 3.56. The maximum atomic E-state index is 13.2. The van der Waals surface area contributed by atoms with E-state index in [9.17, 15) is 13.2 Å². The van der Waals surface area contributed by atoms with E-state index < -0.39 is 10.0 Å². The smallest absolute Gasteiger partial charge is 0.243 e. The molecule has 3 rings (SSSR count). The van der Waals surface area contributed by atoms with Gasteiger partial charge in [-0.25, -0.2) is 8.42 Å². The minimum Gasteiger partial charge on any atom is -0.495 e. The molecule has 27 heavy (non-hydrogen) atoms. The normalized spacial score (nSPS) is 16.7. The summed E-state index contributed by atoms with van der Waals surface area (Å²) in [7, 11) is -0.655. The lowest BCUT2D eigenvalue weighted by Crippen LogP contribution is -2.33. The monoisotopic (exact) mass is 388 g/mol. The van der Waals surface area contributed by atoms with Gasteiger partial charge in [0.05, 0.1) is 17.7 Å². The largest absolute Gasteiger partial charge is 0.495 e. The fourth-order valence-corrected chi connectivity index (χ4v) is 4.95. The quantitative estimate of drug-likeness (QED) is 0.852. The van der Waals surface area contributed by atoms with Crippen LogP contribution in [0.1, 0.15) is 36.9 Å². The fraction of sp³-hybridized carbons (Fsp3) is 0.350. The number of nitrogens with one attached hydrogen (secondary N) is 1. The number of anilines is 1. The first-order chi connectivity index (χ1) is 12.8. The summed E-state index contributed by atoms with van der Waals surface area (Å²) in [5.74, 6) is 0.0588. The third kappa shape index (κ3) is 3.84. The Morgan fingerprint density at radius 3 is 2.67 bits per heavy atom. The van der Waals surface area contributed by atoms with E-state index in [1.807, 2.05) is 18.2 Å². The molecule has 0 unspecified atom stereocenters. The highest BCUT2D eigenvalue weighted by atomic mass is 32.2. The Bertz CT molecular complexity index is 956. The van der Waals surface area contributed by atoms with Crippen LogP contribution in [0.15, 0.2) is 47.4 Å². The van der Waals surface area contributed by atoms with Crippen LogP contribution in [0.5, 0.6) is 5.75 Å². The van der Waals surface area contributed by atoms with Gasteiger partial charge in [0.15, 0.2) is 0 Å². The van der Waals surface area contributed by atoms with E-state index >= 15 is 0 Å². The van der Waals surface area contributed by atoms with Gasteiger partial charge in [0.1, 0.15) is 5.75 Å². The van der Waals surface area contributed by atoms with E-state index in [2.05, 4.69) is 11.4 Å². The molecule has 0 radical (unpaired) electrons. The van der Waals surface area contributed by atoms with Crippen molar-refractivity contribution < 1.29 is 17.9 Å². The van der Waals surface area contributed by atoms with E-state index in [1.165, 1.54) is 36.0 Å². The van der Waals surface area contributed by atoms with Crippen molar-refractivity contribution in [1.29, 1.82) is 0 Å². The average Bonchev–Trinajstić information content (AvgIpc) is 2.66. The SMILES string of the molecule is COc1cc(S(=O)(=O)N(C)[C@H]2CCCc3ccccc32)ccc1NC(C)=O. The van der Waals surface area contributed by atoms with Crippen LogP contribution in [0.25, 0.3) is 0 Å². The molecule has 0 bridgehead atoms. The van der Waals surface area contributed by atoms with Gasteiger partial charge in [0.25, 0.3) is 0 Å². The first-order valence-corrected chi connectivity index (χ1v) is 10.3. The zero-order valence-corrected chi connectivity index (χ0v) is 16.5. The summed E-state index contributed by atoms with van der Waals surface area (Å²) in [6.07, 6.45) is 2.71. The molecule has 1 aliphatic carbocycles. The lowest BCUT2D eigenvalue weighted by molar-refractivity contribution is -0.114. The first-order valence-electron chi connectivity index (χ1n) is 8.86. The standard InChI is InChI=1S/C20H24N2O4S/c1-14(23)21-18-12-11-16(13-20(18)26-3)27(24,25)22(2)19-10-6-8-15-7-4-5-9-17(15)19/h4-5,7,9,11-13,19H,6,8,10H2,1-3H3,(H,21,23)/t19-/m0/s1. The Morgan fingerprint density at radius 2 is 1.96 bits per heavy atom. The predicted molar refractivity (Wildman–Crippen MR) is 104 cm³/mol. The number of sulfonamides is 1. The van der Waals surface area contributed by atoms with Crippen molar-refractivity contribution in [2.24, 2.45) is 0 Å². The van der Waals surface area contributed by atoms with Gasteiger partial charge >= 0.3 is 0 Å². The summed E-state index contributed by atoms with van der Waals surface area (Å²) in [5, 5.41) is 2.64. The molecular formula is C20H24N2O4S. The van der Waals surface area contributed by atoms with E-state index in [-0.39, 0.29) is 16.8 Å². The van der Waals surface area contributed by atoms with Crippen molar-refractivity contribution in [2.45, 2.75) is 37.1 Å². The number of methoxy groups -OCH3 is 1. The molecule has 1 N–H and O–H groups in total. The predicted octanol–water partition coefficient (Wildman–Crippen LogP) is 3.35. The van der Waals surface area contributed by atoms with Gasteiger partial charge in [0, 0.05) is 26.1 Å². The second kappa shape index (κ2) is 7.70. The van der Waals surface area contributed by atoms with E-state index in [4.69, 9.17) is 4.74 Å². The van der Waals surface area contributed by atoms with Gasteiger partial charge in [-0.2, -0.15) is 4.31 Å². The lowest BCUT2D eigenvalue weighted by Gasteiger charge is -2.32. The average molecular weight is 388 g/mol. The van der Waals surface area contributed by atoms with Gasteiger partial charge in [-0.15, -0.1) is 0 Å². The number of fused-ring (bicyclic) bond motifs is 1. The zero-order valence-electron chi connectivity index (χ0n) is 15.7. The molecular weight excluding hydrogens is 364 g/mol. The highest BCUT2D eigenvalue weighted by Gasteiger charge is 2.32. The number of ether oxygens (including phenoxy) is 1. The Morgan fingerprint density at radius 1 is 1.22 bits per heavy atom. The van der Waals surface area contributed by atoms with Crippen LogP contribution in [-0.2, 0) is 21.2 Å². The summed E-state index contributed by atoms with van der Waals surface area (Å²) in [4.78, 5) is 11.4. The van der Waals surface area contributed by atoms with Crippen LogP contribution in [0, 0.1) is 0 Å². The minimum atomic E-state index is -3.72. The van der Waals surface area contributed by atoms with Gasteiger partial charge in [-0.05, 0) is 42.5 Å². The molecule has 6 nitrogen and oxygen atoms in total. The van der Waals surface area contributed by atoms with Crippen molar-refractivity contribution in [3.05, 3.63) is 53.6 Å². The summed E-state index contributed by atoms with van der Waals surface area (Å²) in [6, 6.07) is 12.3. The molecule has 0 fully saturated rings. The van der Waals surface area contributed by atoms with Gasteiger partial charge in [0.2, 0.25) is 15.9 Å².